The molecule has 0 unspecified atom stereocenters. The van der Waals surface area contributed by atoms with Gasteiger partial charge in [-0.25, -0.2) is 0 Å². The third-order valence-corrected chi connectivity index (χ3v) is 4.84. The first-order valence-electron chi connectivity index (χ1n) is 10.5. The molecule has 1 heterocycles. The van der Waals surface area contributed by atoms with Crippen LogP contribution < -0.4 is 5.73 Å². The SMILES string of the molecule is CCCCCCCCCCCc1ccc(-c2noc(CCCN)n2)cc1. The van der Waals surface area contributed by atoms with Gasteiger partial charge in [-0.1, -0.05) is 87.7 Å². The van der Waals surface area contributed by atoms with Crippen molar-refractivity contribution in [3.8, 4) is 11.4 Å². The summed E-state index contributed by atoms with van der Waals surface area (Å²) in [6.07, 6.45) is 15.1. The second-order valence-corrected chi connectivity index (χ2v) is 7.18. The van der Waals surface area contributed by atoms with Crippen molar-refractivity contribution < 1.29 is 4.52 Å². The van der Waals surface area contributed by atoms with Gasteiger partial charge in [-0.3, -0.25) is 0 Å². The molecule has 1 aromatic heterocycles. The molecule has 26 heavy (non-hydrogen) atoms. The highest BCUT2D eigenvalue weighted by Gasteiger charge is 2.08. The van der Waals surface area contributed by atoms with Crippen LogP contribution in [0.1, 0.15) is 82.6 Å². The summed E-state index contributed by atoms with van der Waals surface area (Å²) in [6, 6.07) is 8.58. The molecule has 0 saturated heterocycles. The number of nitrogens with zero attached hydrogens (tertiary/aromatic N) is 2. The summed E-state index contributed by atoms with van der Waals surface area (Å²) in [5.74, 6) is 1.34. The molecule has 2 N–H and O–H groups in total. The lowest BCUT2D eigenvalue weighted by atomic mass is 10.0. The standard InChI is InChI=1S/C22H35N3O/c1-2-3-4-5-6-7-8-9-10-12-19-14-16-20(17-15-19)22-24-21(26-25-22)13-11-18-23/h14-17H,2-13,18,23H2,1H3. The molecule has 0 bridgehead atoms. The molecule has 0 saturated carbocycles. The molecular formula is C22H35N3O. The van der Waals surface area contributed by atoms with Gasteiger partial charge in [0.05, 0.1) is 0 Å². The molecule has 1 aromatic carbocycles. The quantitative estimate of drug-likeness (QED) is 0.440. The largest absolute Gasteiger partial charge is 0.339 e. The van der Waals surface area contributed by atoms with E-state index < -0.39 is 0 Å². The molecule has 4 heteroatoms. The Labute approximate surface area is 158 Å². The number of hydrogen-bond donors (Lipinski definition) is 1. The molecule has 0 aliphatic carbocycles. The number of aromatic nitrogens is 2. The van der Waals surface area contributed by atoms with Crippen LogP contribution in [0.3, 0.4) is 0 Å². The van der Waals surface area contributed by atoms with Crippen LogP contribution in [-0.2, 0) is 12.8 Å². The molecule has 0 aliphatic rings. The minimum absolute atomic E-state index is 0.644. The van der Waals surface area contributed by atoms with Gasteiger partial charge in [0, 0.05) is 12.0 Å². The Balaban J connectivity index is 1.64. The highest BCUT2D eigenvalue weighted by molar-refractivity contribution is 5.54. The summed E-state index contributed by atoms with van der Waals surface area (Å²) >= 11 is 0. The second kappa shape index (κ2) is 12.6. The molecule has 0 fully saturated rings. The Morgan fingerprint density at radius 2 is 1.46 bits per heavy atom. The average Bonchev–Trinajstić information content (AvgIpc) is 3.14. The van der Waals surface area contributed by atoms with Crippen molar-refractivity contribution in [3.63, 3.8) is 0 Å². The van der Waals surface area contributed by atoms with E-state index in [-0.39, 0.29) is 0 Å². The average molecular weight is 358 g/mol. The number of nitrogens with two attached hydrogens (primary N) is 1. The van der Waals surface area contributed by atoms with E-state index in [1.54, 1.807) is 0 Å². The summed E-state index contributed by atoms with van der Waals surface area (Å²) in [4.78, 5) is 4.44. The Bertz CT molecular complexity index is 592. The highest BCUT2D eigenvalue weighted by atomic mass is 16.5. The van der Waals surface area contributed by atoms with Crippen LogP contribution in [-0.4, -0.2) is 16.7 Å². The van der Waals surface area contributed by atoms with E-state index in [4.69, 9.17) is 10.3 Å². The van der Waals surface area contributed by atoms with Gasteiger partial charge in [-0.05, 0) is 31.4 Å². The zero-order valence-electron chi connectivity index (χ0n) is 16.4. The Hall–Kier alpha value is -1.68. The molecule has 0 atom stereocenters. The van der Waals surface area contributed by atoms with Gasteiger partial charge < -0.3 is 10.3 Å². The van der Waals surface area contributed by atoms with E-state index in [0.717, 1.165) is 24.8 Å². The maximum absolute atomic E-state index is 5.51. The van der Waals surface area contributed by atoms with Crippen molar-refractivity contribution in [2.45, 2.75) is 84.0 Å². The normalized spacial score (nSPS) is 11.2. The van der Waals surface area contributed by atoms with Gasteiger partial charge in [-0.2, -0.15) is 4.98 Å². The smallest absolute Gasteiger partial charge is 0.227 e. The number of aryl methyl sites for hydroxylation is 2. The topological polar surface area (TPSA) is 64.9 Å². The Morgan fingerprint density at radius 1 is 0.808 bits per heavy atom. The van der Waals surface area contributed by atoms with Crippen molar-refractivity contribution in [1.82, 2.24) is 10.1 Å². The lowest BCUT2D eigenvalue weighted by Gasteiger charge is -2.03. The van der Waals surface area contributed by atoms with E-state index in [2.05, 4.69) is 41.3 Å². The molecule has 2 aromatic rings. The number of hydrogen-bond acceptors (Lipinski definition) is 4. The summed E-state index contributed by atoms with van der Waals surface area (Å²) in [6.45, 7) is 2.92. The third kappa shape index (κ3) is 7.69. The van der Waals surface area contributed by atoms with Gasteiger partial charge >= 0.3 is 0 Å². The lowest BCUT2D eigenvalue weighted by molar-refractivity contribution is 0.376. The lowest BCUT2D eigenvalue weighted by Crippen LogP contribution is -2.00. The van der Waals surface area contributed by atoms with Crippen molar-refractivity contribution in [1.29, 1.82) is 0 Å². The fourth-order valence-electron chi connectivity index (χ4n) is 3.19. The maximum Gasteiger partial charge on any atom is 0.227 e. The summed E-state index contributed by atoms with van der Waals surface area (Å²) in [5.41, 5.74) is 7.92. The molecule has 0 spiro atoms. The van der Waals surface area contributed by atoms with E-state index in [0.29, 0.717) is 18.3 Å². The molecule has 0 radical (unpaired) electrons. The minimum Gasteiger partial charge on any atom is -0.339 e. The molecule has 4 nitrogen and oxygen atoms in total. The van der Waals surface area contributed by atoms with E-state index >= 15 is 0 Å². The van der Waals surface area contributed by atoms with E-state index in [9.17, 15) is 0 Å². The van der Waals surface area contributed by atoms with Crippen LogP contribution in [0.2, 0.25) is 0 Å². The van der Waals surface area contributed by atoms with Crippen molar-refractivity contribution >= 4 is 0 Å². The van der Waals surface area contributed by atoms with Crippen LogP contribution in [0.25, 0.3) is 11.4 Å². The summed E-state index contributed by atoms with van der Waals surface area (Å²) in [5, 5.41) is 4.06. The highest BCUT2D eigenvalue weighted by Crippen LogP contribution is 2.18. The van der Waals surface area contributed by atoms with E-state index in [1.807, 2.05) is 0 Å². The molecule has 2 rings (SSSR count). The fourth-order valence-corrected chi connectivity index (χ4v) is 3.19. The van der Waals surface area contributed by atoms with Crippen molar-refractivity contribution in [2.75, 3.05) is 6.54 Å². The van der Waals surface area contributed by atoms with Crippen molar-refractivity contribution in [3.05, 3.63) is 35.7 Å². The molecular weight excluding hydrogens is 322 g/mol. The fraction of sp³-hybridized carbons (Fsp3) is 0.636. The third-order valence-electron chi connectivity index (χ3n) is 4.84. The van der Waals surface area contributed by atoms with Crippen molar-refractivity contribution in [2.24, 2.45) is 5.73 Å². The molecule has 0 amide bonds. The monoisotopic (exact) mass is 357 g/mol. The predicted octanol–water partition coefficient (Wildman–Crippen LogP) is 5.70. The van der Waals surface area contributed by atoms with Gasteiger partial charge in [0.15, 0.2) is 0 Å². The van der Waals surface area contributed by atoms with E-state index in [1.165, 1.54) is 63.4 Å². The number of benzene rings is 1. The van der Waals surface area contributed by atoms with Gasteiger partial charge in [0.1, 0.15) is 0 Å². The van der Waals surface area contributed by atoms with Crippen LogP contribution in [0.15, 0.2) is 28.8 Å². The molecule has 0 aliphatic heterocycles. The first-order valence-corrected chi connectivity index (χ1v) is 10.5. The second-order valence-electron chi connectivity index (χ2n) is 7.18. The van der Waals surface area contributed by atoms with Gasteiger partial charge in [0.25, 0.3) is 0 Å². The van der Waals surface area contributed by atoms with Crippen LogP contribution in [0, 0.1) is 0 Å². The summed E-state index contributed by atoms with van der Waals surface area (Å²) < 4.78 is 5.27. The minimum atomic E-state index is 0.644. The van der Waals surface area contributed by atoms with Crippen LogP contribution in [0.4, 0.5) is 0 Å². The first kappa shape index (κ1) is 20.6. The Morgan fingerprint density at radius 3 is 2.12 bits per heavy atom. The van der Waals surface area contributed by atoms with Crippen LogP contribution >= 0.6 is 0 Å². The zero-order valence-corrected chi connectivity index (χ0v) is 16.4. The number of rotatable bonds is 14. The summed E-state index contributed by atoms with van der Waals surface area (Å²) in [7, 11) is 0. The zero-order chi connectivity index (χ0) is 18.5. The molecule has 144 valence electrons. The maximum atomic E-state index is 5.51. The van der Waals surface area contributed by atoms with Gasteiger partial charge in [0.2, 0.25) is 11.7 Å². The Kier molecular flexibility index (Phi) is 10.0. The number of unbranched alkanes of at least 4 members (excludes halogenated alkanes) is 8. The van der Waals surface area contributed by atoms with Gasteiger partial charge in [-0.15, -0.1) is 0 Å². The predicted molar refractivity (Wildman–Crippen MR) is 108 cm³/mol. The first-order chi connectivity index (χ1) is 12.8. The van der Waals surface area contributed by atoms with Crippen LogP contribution in [0.5, 0.6) is 0 Å².